The van der Waals surface area contributed by atoms with Gasteiger partial charge in [0.15, 0.2) is 0 Å². The number of hydrogen-bond donors (Lipinski definition) is 2. The van der Waals surface area contributed by atoms with Gasteiger partial charge in [0.05, 0.1) is 30.1 Å². The molecule has 178 valence electrons. The Morgan fingerprint density at radius 1 is 1.18 bits per heavy atom. The van der Waals surface area contributed by atoms with E-state index in [1.165, 1.54) is 18.2 Å². The molecule has 12 heteroatoms. The molecule has 0 bridgehead atoms. The van der Waals surface area contributed by atoms with Gasteiger partial charge in [-0.25, -0.2) is 31.9 Å². The number of rotatable bonds is 4. The Hall–Kier alpha value is -2.31. The normalized spacial score (nSPS) is 27.2. The van der Waals surface area contributed by atoms with E-state index in [0.29, 0.717) is 0 Å². The summed E-state index contributed by atoms with van der Waals surface area (Å²) in [4.78, 5) is 10.1. The topological polar surface area (TPSA) is 95.4 Å². The number of alkyl halides is 4. The summed E-state index contributed by atoms with van der Waals surface area (Å²) in [6.45, 7) is 1.90. The third-order valence-electron chi connectivity index (χ3n) is 6.63. The van der Waals surface area contributed by atoms with Crippen molar-refractivity contribution in [1.82, 2.24) is 14.7 Å². The number of β-amino-alcohol motifs (C(OH)–C–C–N with tert-alkyl or cyclic N) is 1. The highest BCUT2D eigenvalue weighted by Gasteiger charge is 2.47. The summed E-state index contributed by atoms with van der Waals surface area (Å²) in [7, 11) is -3.72. The van der Waals surface area contributed by atoms with Gasteiger partial charge in [0.2, 0.25) is 16.0 Å². The summed E-state index contributed by atoms with van der Waals surface area (Å²) in [5.74, 6) is -6.45. The van der Waals surface area contributed by atoms with Gasteiger partial charge in [0.25, 0.3) is 11.8 Å². The lowest BCUT2D eigenvalue weighted by atomic mass is 9.98. The molecule has 3 aliphatic rings. The van der Waals surface area contributed by atoms with Crippen LogP contribution in [-0.4, -0.2) is 48.4 Å². The third kappa shape index (κ3) is 3.68. The zero-order valence-corrected chi connectivity index (χ0v) is 18.6. The lowest BCUT2D eigenvalue weighted by Crippen LogP contribution is -2.59. The number of hydrogen-bond acceptors (Lipinski definition) is 6. The van der Waals surface area contributed by atoms with Gasteiger partial charge in [0, 0.05) is 36.1 Å². The van der Waals surface area contributed by atoms with Crippen LogP contribution in [0.4, 0.5) is 23.5 Å². The summed E-state index contributed by atoms with van der Waals surface area (Å²) in [5.41, 5.74) is -0.0272. The fourth-order valence-electron chi connectivity index (χ4n) is 4.80. The second-order valence-corrected chi connectivity index (χ2v) is 10.8. The number of nitrogens with one attached hydrogen (secondary N) is 1. The van der Waals surface area contributed by atoms with Gasteiger partial charge < -0.3 is 10.0 Å². The van der Waals surface area contributed by atoms with Crippen LogP contribution < -0.4 is 9.62 Å². The first kappa shape index (κ1) is 22.5. The molecule has 1 aromatic heterocycles. The number of halogens is 4. The summed E-state index contributed by atoms with van der Waals surface area (Å²) in [6, 6.07) is 2.65. The van der Waals surface area contributed by atoms with Crippen LogP contribution in [0, 0.1) is 0 Å². The molecule has 3 atom stereocenters. The van der Waals surface area contributed by atoms with Crippen LogP contribution in [0.15, 0.2) is 18.2 Å². The van der Waals surface area contributed by atoms with E-state index in [0.717, 1.165) is 6.26 Å². The van der Waals surface area contributed by atoms with E-state index in [1.807, 2.05) is 0 Å². The minimum absolute atomic E-state index is 0.00185. The summed E-state index contributed by atoms with van der Waals surface area (Å²) < 4.78 is 84.2. The predicted octanol–water partition coefficient (Wildman–Crippen LogP) is 2.84. The van der Waals surface area contributed by atoms with Crippen LogP contribution in [-0.2, 0) is 28.3 Å². The number of benzene rings is 1. The first-order valence-electron chi connectivity index (χ1n) is 10.5. The lowest BCUT2D eigenvalue weighted by molar-refractivity contribution is -0.00763. The predicted molar refractivity (Wildman–Crippen MR) is 112 cm³/mol. The van der Waals surface area contributed by atoms with E-state index in [9.17, 15) is 31.1 Å². The van der Waals surface area contributed by atoms with E-state index < -0.39 is 52.5 Å². The van der Waals surface area contributed by atoms with E-state index in [-0.39, 0.29) is 52.9 Å². The van der Waals surface area contributed by atoms with E-state index in [4.69, 9.17) is 0 Å². The highest BCUT2D eigenvalue weighted by atomic mass is 32.2. The Morgan fingerprint density at radius 3 is 2.55 bits per heavy atom. The van der Waals surface area contributed by atoms with Crippen molar-refractivity contribution in [2.75, 3.05) is 17.7 Å². The monoisotopic (exact) mass is 486 g/mol. The second kappa shape index (κ2) is 7.09. The van der Waals surface area contributed by atoms with E-state index in [1.54, 1.807) is 11.8 Å². The second-order valence-electron chi connectivity index (χ2n) is 9.02. The van der Waals surface area contributed by atoms with Crippen molar-refractivity contribution in [2.45, 2.75) is 56.2 Å². The molecule has 1 aliphatic heterocycles. The maximum Gasteiger partial charge on any atom is 0.290 e. The van der Waals surface area contributed by atoms with Crippen LogP contribution >= 0.6 is 0 Å². The van der Waals surface area contributed by atoms with Crippen molar-refractivity contribution in [2.24, 2.45) is 0 Å². The third-order valence-corrected chi connectivity index (χ3v) is 7.35. The average molecular weight is 486 g/mol. The zero-order valence-electron chi connectivity index (χ0n) is 17.8. The molecule has 1 aromatic carbocycles. The number of aliphatic hydroxyl groups is 1. The van der Waals surface area contributed by atoms with Gasteiger partial charge in [-0.1, -0.05) is 12.1 Å². The summed E-state index contributed by atoms with van der Waals surface area (Å²) in [5, 5.41) is 9.82. The van der Waals surface area contributed by atoms with Gasteiger partial charge in [-0.05, 0) is 25.0 Å². The molecule has 0 spiro atoms. The Morgan fingerprint density at radius 2 is 1.91 bits per heavy atom. The molecule has 0 radical (unpaired) electrons. The molecule has 0 saturated carbocycles. The molecule has 0 amide bonds. The minimum Gasteiger partial charge on any atom is -0.389 e. The molecule has 5 rings (SSSR count). The zero-order chi connectivity index (χ0) is 23.9. The van der Waals surface area contributed by atoms with Crippen LogP contribution in [0.1, 0.15) is 48.2 Å². The molecule has 2 heterocycles. The molecule has 33 heavy (non-hydrogen) atoms. The summed E-state index contributed by atoms with van der Waals surface area (Å²) >= 11 is 0. The quantitative estimate of drug-likeness (QED) is 0.646. The van der Waals surface area contributed by atoms with Crippen LogP contribution in [0.3, 0.4) is 0 Å². The number of sulfonamides is 1. The fraction of sp³-hybridized carbons (Fsp3) is 0.524. The molecule has 2 aromatic rings. The van der Waals surface area contributed by atoms with Gasteiger partial charge in [-0.2, -0.15) is 8.78 Å². The SMILES string of the molecule is C[C@H]1[C@H](O)CN1c1nc(-c2ccc3c(c2)C(F)(F)C[C@@H]3NS(C)(=O)=O)c2c(n1)C(F)(F)CC2. The number of nitrogens with zero attached hydrogens (tertiary/aromatic N) is 3. The van der Waals surface area contributed by atoms with Gasteiger partial charge in [0.1, 0.15) is 5.69 Å². The lowest BCUT2D eigenvalue weighted by Gasteiger charge is -2.43. The molecule has 2 aliphatic carbocycles. The average Bonchev–Trinajstić information content (AvgIpc) is 3.16. The number of anilines is 1. The number of fused-ring (bicyclic) bond motifs is 2. The molecular weight excluding hydrogens is 464 g/mol. The smallest absolute Gasteiger partial charge is 0.290 e. The number of aliphatic hydroxyl groups excluding tert-OH is 1. The van der Waals surface area contributed by atoms with Crippen LogP contribution in [0.25, 0.3) is 11.3 Å². The van der Waals surface area contributed by atoms with Crippen molar-refractivity contribution in [3.05, 3.63) is 40.6 Å². The van der Waals surface area contributed by atoms with Gasteiger partial charge >= 0.3 is 0 Å². The van der Waals surface area contributed by atoms with Crippen LogP contribution in [0.2, 0.25) is 0 Å². The Labute approximate surface area is 187 Å². The molecule has 2 N–H and O–H groups in total. The van der Waals surface area contributed by atoms with Crippen molar-refractivity contribution in [3.8, 4) is 11.3 Å². The molecule has 0 unspecified atom stereocenters. The largest absolute Gasteiger partial charge is 0.389 e. The maximum atomic E-state index is 14.8. The van der Waals surface area contributed by atoms with Crippen molar-refractivity contribution in [3.63, 3.8) is 0 Å². The number of aromatic nitrogens is 2. The van der Waals surface area contributed by atoms with E-state index >= 15 is 0 Å². The molecule has 7 nitrogen and oxygen atoms in total. The minimum atomic E-state index is -3.72. The van der Waals surface area contributed by atoms with Crippen molar-refractivity contribution >= 4 is 16.0 Å². The molecule has 1 fully saturated rings. The highest BCUT2D eigenvalue weighted by Crippen LogP contribution is 2.50. The summed E-state index contributed by atoms with van der Waals surface area (Å²) in [6.07, 6.45) is -0.914. The first-order chi connectivity index (χ1) is 15.3. The molecular formula is C21H22F4N4O3S. The molecule has 1 saturated heterocycles. The highest BCUT2D eigenvalue weighted by molar-refractivity contribution is 7.88. The van der Waals surface area contributed by atoms with E-state index in [2.05, 4.69) is 14.7 Å². The Balaban J connectivity index is 1.63. The van der Waals surface area contributed by atoms with Crippen molar-refractivity contribution < 1.29 is 31.1 Å². The van der Waals surface area contributed by atoms with Gasteiger partial charge in [-0.15, -0.1) is 0 Å². The van der Waals surface area contributed by atoms with Crippen LogP contribution in [0.5, 0.6) is 0 Å². The standard InChI is InChI=1S/C21H22F4N4O3S/c1-10-16(30)9-29(10)19-26-17(13-5-6-20(22,23)18(13)27-19)11-3-4-12-14(7-11)21(24,25)8-15(12)28-33(2,31)32/h3-4,7,10,15-16,28,30H,5-6,8-9H2,1-2H3/t10-,15-,16+/m0/s1. The first-order valence-corrected chi connectivity index (χ1v) is 12.4. The van der Waals surface area contributed by atoms with Gasteiger partial charge in [-0.3, -0.25) is 0 Å². The maximum absolute atomic E-state index is 14.8. The Kier molecular flexibility index (Phi) is 4.83. The fourth-order valence-corrected chi connectivity index (χ4v) is 5.52. The Bertz CT molecular complexity index is 1250. The van der Waals surface area contributed by atoms with Crippen molar-refractivity contribution in [1.29, 1.82) is 0 Å².